The molecule has 2 aromatic carbocycles. The number of carbonyl (C=O) groups excluding carboxylic acids is 4. The lowest BCUT2D eigenvalue weighted by Gasteiger charge is -2.26. The minimum atomic E-state index is -0.695. The van der Waals surface area contributed by atoms with Crippen molar-refractivity contribution in [1.29, 1.82) is 0 Å². The van der Waals surface area contributed by atoms with Crippen molar-refractivity contribution in [2.24, 2.45) is 5.92 Å². The minimum absolute atomic E-state index is 0.0510. The van der Waals surface area contributed by atoms with Crippen LogP contribution in [-0.4, -0.2) is 54.2 Å². The van der Waals surface area contributed by atoms with Gasteiger partial charge in [0.2, 0.25) is 11.8 Å². The maximum Gasteiger partial charge on any atom is 0.254 e. The third-order valence-corrected chi connectivity index (χ3v) is 6.13. The molecule has 1 saturated heterocycles. The summed E-state index contributed by atoms with van der Waals surface area (Å²) in [6.45, 7) is 5.09. The smallest absolute Gasteiger partial charge is 0.254 e. The first-order valence-corrected chi connectivity index (χ1v) is 11.6. The molecular weight excluding hydrogens is 456 g/mol. The van der Waals surface area contributed by atoms with E-state index >= 15 is 0 Å². The first-order valence-electron chi connectivity index (χ1n) is 11.3. The van der Waals surface area contributed by atoms with Gasteiger partial charge in [-0.25, -0.2) is 0 Å². The molecule has 1 heterocycles. The predicted octanol–water partition coefficient (Wildman–Crippen LogP) is 2.37. The summed E-state index contributed by atoms with van der Waals surface area (Å²) in [7, 11) is 0. The number of benzene rings is 2. The Balaban J connectivity index is 1.59. The highest BCUT2D eigenvalue weighted by Gasteiger charge is 2.26. The van der Waals surface area contributed by atoms with Crippen LogP contribution in [0.5, 0.6) is 0 Å². The SMILES string of the molecule is CCC(C)C(NC(=O)c1ccc(Cl)cc1)C(=O)NCc1ccc(C(=O)N2CCNC(=O)C2)cc1. The van der Waals surface area contributed by atoms with Crippen LogP contribution in [0.1, 0.15) is 46.5 Å². The molecule has 1 aliphatic heterocycles. The Hall–Kier alpha value is -3.39. The van der Waals surface area contributed by atoms with E-state index in [0.717, 1.165) is 5.56 Å². The number of hydrogen-bond donors (Lipinski definition) is 3. The van der Waals surface area contributed by atoms with Crippen LogP contribution in [0.4, 0.5) is 0 Å². The largest absolute Gasteiger partial charge is 0.353 e. The van der Waals surface area contributed by atoms with Gasteiger partial charge in [0, 0.05) is 35.8 Å². The first kappa shape index (κ1) is 25.2. The van der Waals surface area contributed by atoms with Gasteiger partial charge in [-0.1, -0.05) is 44.0 Å². The molecule has 0 spiro atoms. The molecule has 180 valence electrons. The zero-order chi connectivity index (χ0) is 24.7. The second-order valence-corrected chi connectivity index (χ2v) is 8.77. The van der Waals surface area contributed by atoms with Gasteiger partial charge in [-0.15, -0.1) is 0 Å². The van der Waals surface area contributed by atoms with E-state index < -0.39 is 6.04 Å². The van der Waals surface area contributed by atoms with Gasteiger partial charge in [0.05, 0.1) is 6.54 Å². The highest BCUT2D eigenvalue weighted by atomic mass is 35.5. The van der Waals surface area contributed by atoms with Crippen molar-refractivity contribution < 1.29 is 19.2 Å². The van der Waals surface area contributed by atoms with Crippen LogP contribution < -0.4 is 16.0 Å². The summed E-state index contributed by atoms with van der Waals surface area (Å²) >= 11 is 5.88. The second-order valence-electron chi connectivity index (χ2n) is 8.33. The maximum absolute atomic E-state index is 12.9. The third kappa shape index (κ3) is 6.57. The van der Waals surface area contributed by atoms with Crippen LogP contribution in [0.3, 0.4) is 0 Å². The van der Waals surface area contributed by atoms with E-state index in [9.17, 15) is 19.2 Å². The van der Waals surface area contributed by atoms with E-state index in [2.05, 4.69) is 16.0 Å². The van der Waals surface area contributed by atoms with E-state index in [1.807, 2.05) is 13.8 Å². The summed E-state index contributed by atoms with van der Waals surface area (Å²) in [4.78, 5) is 51.1. The van der Waals surface area contributed by atoms with Crippen LogP contribution in [0.15, 0.2) is 48.5 Å². The molecule has 0 bridgehead atoms. The minimum Gasteiger partial charge on any atom is -0.353 e. The van der Waals surface area contributed by atoms with Crippen LogP contribution >= 0.6 is 11.6 Å². The zero-order valence-electron chi connectivity index (χ0n) is 19.3. The van der Waals surface area contributed by atoms with Crippen molar-refractivity contribution in [1.82, 2.24) is 20.9 Å². The van der Waals surface area contributed by atoms with E-state index in [4.69, 9.17) is 11.6 Å². The van der Waals surface area contributed by atoms with Crippen LogP contribution in [0.25, 0.3) is 0 Å². The lowest BCUT2D eigenvalue weighted by Crippen LogP contribution is -2.50. The lowest BCUT2D eigenvalue weighted by atomic mass is 9.97. The van der Waals surface area contributed by atoms with Crippen LogP contribution in [-0.2, 0) is 16.1 Å². The molecule has 1 aliphatic rings. The van der Waals surface area contributed by atoms with Gasteiger partial charge in [0.1, 0.15) is 6.04 Å². The van der Waals surface area contributed by atoms with E-state index in [1.54, 1.807) is 48.5 Å². The molecule has 9 heteroatoms. The predicted molar refractivity (Wildman–Crippen MR) is 129 cm³/mol. The molecule has 3 N–H and O–H groups in total. The summed E-state index contributed by atoms with van der Waals surface area (Å²) in [5.41, 5.74) is 1.72. The van der Waals surface area contributed by atoms with Crippen molar-refractivity contribution in [3.8, 4) is 0 Å². The van der Waals surface area contributed by atoms with Crippen LogP contribution in [0, 0.1) is 5.92 Å². The number of nitrogens with zero attached hydrogens (tertiary/aromatic N) is 1. The molecule has 3 rings (SSSR count). The number of rotatable bonds is 8. The summed E-state index contributed by atoms with van der Waals surface area (Å²) in [5, 5.41) is 8.93. The number of carbonyl (C=O) groups is 4. The molecule has 0 aromatic heterocycles. The Morgan fingerprint density at radius 1 is 1.06 bits per heavy atom. The fourth-order valence-corrected chi connectivity index (χ4v) is 3.71. The molecule has 2 aromatic rings. The molecule has 8 nitrogen and oxygen atoms in total. The molecule has 0 saturated carbocycles. The van der Waals surface area contributed by atoms with Gasteiger partial charge in [0.15, 0.2) is 0 Å². The summed E-state index contributed by atoms with van der Waals surface area (Å²) in [5.74, 6) is -1.06. The second kappa shape index (κ2) is 11.7. The van der Waals surface area contributed by atoms with Crippen molar-refractivity contribution in [2.45, 2.75) is 32.9 Å². The summed E-state index contributed by atoms with van der Waals surface area (Å²) in [6, 6.07) is 12.7. The standard InChI is InChI=1S/C25H29ClN4O4/c1-3-16(2)22(29-23(32)18-8-10-20(26)11-9-18)24(33)28-14-17-4-6-19(7-5-17)25(34)30-13-12-27-21(31)15-30/h4-11,16,22H,3,12-15H2,1-2H3,(H,27,31)(H,28,33)(H,29,32). The van der Waals surface area contributed by atoms with Gasteiger partial charge in [-0.05, 0) is 47.9 Å². The molecule has 0 radical (unpaired) electrons. The lowest BCUT2D eigenvalue weighted by molar-refractivity contribution is -0.124. The average molecular weight is 485 g/mol. The van der Waals surface area contributed by atoms with Gasteiger partial charge in [-0.2, -0.15) is 0 Å². The number of piperazine rings is 1. The number of hydrogen-bond acceptors (Lipinski definition) is 4. The topological polar surface area (TPSA) is 108 Å². The van der Waals surface area contributed by atoms with Crippen molar-refractivity contribution in [3.63, 3.8) is 0 Å². The van der Waals surface area contributed by atoms with Crippen molar-refractivity contribution in [3.05, 3.63) is 70.2 Å². The monoisotopic (exact) mass is 484 g/mol. The third-order valence-electron chi connectivity index (χ3n) is 5.88. The molecule has 34 heavy (non-hydrogen) atoms. The molecule has 1 fully saturated rings. The molecule has 2 atom stereocenters. The molecule has 0 aliphatic carbocycles. The molecule has 2 unspecified atom stereocenters. The highest BCUT2D eigenvalue weighted by molar-refractivity contribution is 6.30. The highest BCUT2D eigenvalue weighted by Crippen LogP contribution is 2.13. The number of halogens is 1. The first-order chi connectivity index (χ1) is 16.3. The zero-order valence-corrected chi connectivity index (χ0v) is 20.0. The Bertz CT molecular complexity index is 1040. The maximum atomic E-state index is 12.9. The van der Waals surface area contributed by atoms with E-state index in [0.29, 0.717) is 35.7 Å². The van der Waals surface area contributed by atoms with Gasteiger partial charge >= 0.3 is 0 Å². The quantitative estimate of drug-likeness (QED) is 0.534. The van der Waals surface area contributed by atoms with Crippen LogP contribution in [0.2, 0.25) is 5.02 Å². The Morgan fingerprint density at radius 3 is 2.32 bits per heavy atom. The number of amides is 4. The van der Waals surface area contributed by atoms with E-state index in [-0.39, 0.29) is 42.6 Å². The fraction of sp³-hybridized carbons (Fsp3) is 0.360. The Labute approximate surface area is 204 Å². The fourth-order valence-electron chi connectivity index (χ4n) is 3.59. The normalized spacial score (nSPS) is 15.1. The van der Waals surface area contributed by atoms with Gasteiger partial charge < -0.3 is 20.9 Å². The molecule has 4 amide bonds. The van der Waals surface area contributed by atoms with Gasteiger partial charge in [0.25, 0.3) is 11.8 Å². The summed E-state index contributed by atoms with van der Waals surface area (Å²) in [6.07, 6.45) is 0.713. The van der Waals surface area contributed by atoms with Crippen molar-refractivity contribution in [2.75, 3.05) is 19.6 Å². The Kier molecular flexibility index (Phi) is 8.65. The van der Waals surface area contributed by atoms with E-state index in [1.165, 1.54) is 4.90 Å². The Morgan fingerprint density at radius 2 is 1.71 bits per heavy atom. The van der Waals surface area contributed by atoms with Gasteiger partial charge in [-0.3, -0.25) is 19.2 Å². The number of nitrogens with one attached hydrogen (secondary N) is 3. The van der Waals surface area contributed by atoms with Crippen molar-refractivity contribution >= 4 is 35.2 Å². The summed E-state index contributed by atoms with van der Waals surface area (Å²) < 4.78 is 0. The average Bonchev–Trinajstić information content (AvgIpc) is 2.85. The molecular formula is C25H29ClN4O4.